The average molecular weight is 240 g/mol. The SMILES string of the molecule is O=C(O)C1C=CC(NC(=O)N2CCC(O)C2)C1. The second-order valence-electron chi connectivity index (χ2n) is 4.51. The summed E-state index contributed by atoms with van der Waals surface area (Å²) < 4.78 is 0. The van der Waals surface area contributed by atoms with E-state index in [4.69, 9.17) is 5.11 Å². The predicted octanol–water partition coefficient (Wildman–Crippen LogP) is -0.208. The van der Waals surface area contributed by atoms with Gasteiger partial charge in [0.1, 0.15) is 0 Å². The molecule has 0 radical (unpaired) electrons. The van der Waals surface area contributed by atoms with E-state index >= 15 is 0 Å². The number of likely N-dealkylation sites (tertiary alicyclic amines) is 1. The number of β-amino-alcohol motifs (C(OH)–C–C–N with tert-alkyl or cyclic N) is 1. The molecule has 6 heteroatoms. The highest BCUT2D eigenvalue weighted by Gasteiger charge is 2.29. The molecule has 1 aliphatic carbocycles. The molecule has 1 saturated heterocycles. The lowest BCUT2D eigenvalue weighted by molar-refractivity contribution is -0.140. The van der Waals surface area contributed by atoms with E-state index in [1.165, 1.54) is 0 Å². The first-order valence-electron chi connectivity index (χ1n) is 5.71. The lowest BCUT2D eigenvalue weighted by atomic mass is 10.1. The van der Waals surface area contributed by atoms with Gasteiger partial charge in [-0.2, -0.15) is 0 Å². The number of carbonyl (C=O) groups excluding carboxylic acids is 1. The molecule has 3 atom stereocenters. The highest BCUT2D eigenvalue weighted by Crippen LogP contribution is 2.18. The fraction of sp³-hybridized carbons (Fsp3) is 0.636. The van der Waals surface area contributed by atoms with Gasteiger partial charge in [0, 0.05) is 13.1 Å². The van der Waals surface area contributed by atoms with Crippen LogP contribution in [-0.2, 0) is 4.79 Å². The number of carbonyl (C=O) groups is 2. The van der Waals surface area contributed by atoms with E-state index in [2.05, 4.69) is 5.32 Å². The zero-order chi connectivity index (χ0) is 12.4. The first-order chi connectivity index (χ1) is 8.06. The summed E-state index contributed by atoms with van der Waals surface area (Å²) >= 11 is 0. The quantitative estimate of drug-likeness (QED) is 0.583. The molecule has 6 nitrogen and oxygen atoms in total. The normalized spacial score (nSPS) is 31.8. The van der Waals surface area contributed by atoms with Gasteiger partial charge in [-0.3, -0.25) is 4.79 Å². The lowest BCUT2D eigenvalue weighted by Gasteiger charge is -2.19. The van der Waals surface area contributed by atoms with Crippen molar-refractivity contribution in [3.63, 3.8) is 0 Å². The molecular formula is C11H16N2O4. The van der Waals surface area contributed by atoms with Crippen molar-refractivity contribution in [1.29, 1.82) is 0 Å². The van der Waals surface area contributed by atoms with Crippen LogP contribution in [0.5, 0.6) is 0 Å². The molecule has 3 N–H and O–H groups in total. The molecule has 0 aromatic heterocycles. The third kappa shape index (κ3) is 2.76. The number of carboxylic acids is 1. The molecule has 0 spiro atoms. The molecule has 2 amide bonds. The molecular weight excluding hydrogens is 224 g/mol. The van der Waals surface area contributed by atoms with Crippen LogP contribution < -0.4 is 5.32 Å². The Hall–Kier alpha value is -1.56. The Bertz CT molecular complexity index is 355. The van der Waals surface area contributed by atoms with E-state index in [0.29, 0.717) is 25.9 Å². The predicted molar refractivity (Wildman–Crippen MR) is 59.4 cm³/mol. The van der Waals surface area contributed by atoms with Crippen molar-refractivity contribution in [3.05, 3.63) is 12.2 Å². The molecule has 0 saturated carbocycles. The third-order valence-corrected chi connectivity index (χ3v) is 3.16. The van der Waals surface area contributed by atoms with Gasteiger partial charge in [0.05, 0.1) is 18.1 Å². The third-order valence-electron chi connectivity index (χ3n) is 3.16. The van der Waals surface area contributed by atoms with E-state index < -0.39 is 18.0 Å². The summed E-state index contributed by atoms with van der Waals surface area (Å²) in [6.45, 7) is 0.899. The van der Waals surface area contributed by atoms with Crippen molar-refractivity contribution in [1.82, 2.24) is 10.2 Å². The Morgan fingerprint density at radius 3 is 2.65 bits per heavy atom. The van der Waals surface area contributed by atoms with Crippen molar-refractivity contribution in [2.24, 2.45) is 5.92 Å². The van der Waals surface area contributed by atoms with Gasteiger partial charge in [0.15, 0.2) is 0 Å². The average Bonchev–Trinajstić information content (AvgIpc) is 2.86. The van der Waals surface area contributed by atoms with Gasteiger partial charge in [0.25, 0.3) is 0 Å². The second-order valence-corrected chi connectivity index (χ2v) is 4.51. The van der Waals surface area contributed by atoms with Crippen molar-refractivity contribution in [2.75, 3.05) is 13.1 Å². The number of nitrogens with zero attached hydrogens (tertiary/aromatic N) is 1. The summed E-state index contributed by atoms with van der Waals surface area (Å²) in [7, 11) is 0. The Morgan fingerprint density at radius 1 is 1.35 bits per heavy atom. The molecule has 1 aliphatic heterocycles. The summed E-state index contributed by atoms with van der Waals surface area (Å²) in [4.78, 5) is 24.0. The number of rotatable bonds is 2. The number of aliphatic carboxylic acids is 1. The van der Waals surface area contributed by atoms with Crippen LogP contribution in [0.25, 0.3) is 0 Å². The molecule has 2 aliphatic rings. The van der Waals surface area contributed by atoms with E-state index in [-0.39, 0.29) is 12.1 Å². The van der Waals surface area contributed by atoms with Crippen molar-refractivity contribution >= 4 is 12.0 Å². The maximum absolute atomic E-state index is 11.7. The van der Waals surface area contributed by atoms with Crippen LogP contribution in [0.3, 0.4) is 0 Å². The molecule has 0 aromatic carbocycles. The monoisotopic (exact) mass is 240 g/mol. The van der Waals surface area contributed by atoms with Crippen LogP contribution in [0, 0.1) is 5.92 Å². The molecule has 0 bridgehead atoms. The maximum Gasteiger partial charge on any atom is 0.317 e. The van der Waals surface area contributed by atoms with Gasteiger partial charge in [-0.1, -0.05) is 12.2 Å². The highest BCUT2D eigenvalue weighted by molar-refractivity contribution is 5.76. The van der Waals surface area contributed by atoms with Crippen LogP contribution in [0.2, 0.25) is 0 Å². The Kier molecular flexibility index (Phi) is 3.33. The van der Waals surface area contributed by atoms with Gasteiger partial charge < -0.3 is 20.4 Å². The Morgan fingerprint density at radius 2 is 2.12 bits per heavy atom. The summed E-state index contributed by atoms with van der Waals surface area (Å²) in [5, 5.41) is 20.9. The first kappa shape index (κ1) is 11.9. The zero-order valence-corrected chi connectivity index (χ0v) is 9.37. The molecule has 17 heavy (non-hydrogen) atoms. The number of urea groups is 1. The minimum Gasteiger partial charge on any atom is -0.481 e. The standard InChI is InChI=1S/C11H16N2O4/c14-9-3-4-13(6-9)11(17)12-8-2-1-7(5-8)10(15)16/h1-2,7-9,14H,3-6H2,(H,12,17)(H,15,16). The van der Waals surface area contributed by atoms with E-state index in [1.54, 1.807) is 17.1 Å². The lowest BCUT2D eigenvalue weighted by Crippen LogP contribution is -2.43. The van der Waals surface area contributed by atoms with Crippen LogP contribution in [0.15, 0.2) is 12.2 Å². The van der Waals surface area contributed by atoms with Crippen LogP contribution in [0.4, 0.5) is 4.79 Å². The first-order valence-corrected chi connectivity index (χ1v) is 5.71. The van der Waals surface area contributed by atoms with E-state index in [9.17, 15) is 14.7 Å². The zero-order valence-electron chi connectivity index (χ0n) is 9.37. The summed E-state index contributed by atoms with van der Waals surface area (Å²) in [6.07, 6.45) is 3.88. The largest absolute Gasteiger partial charge is 0.481 e. The fourth-order valence-electron chi connectivity index (χ4n) is 2.17. The number of aliphatic hydroxyl groups excluding tert-OH is 1. The minimum absolute atomic E-state index is 0.221. The van der Waals surface area contributed by atoms with Crippen molar-refractivity contribution in [2.45, 2.75) is 25.0 Å². The van der Waals surface area contributed by atoms with Crippen molar-refractivity contribution < 1.29 is 19.8 Å². The molecule has 2 rings (SSSR count). The molecule has 1 heterocycles. The van der Waals surface area contributed by atoms with Gasteiger partial charge in [-0.25, -0.2) is 4.79 Å². The number of amides is 2. The smallest absolute Gasteiger partial charge is 0.317 e. The number of aliphatic hydroxyl groups is 1. The molecule has 3 unspecified atom stereocenters. The summed E-state index contributed by atoms with van der Waals surface area (Å²) in [6, 6.07) is -0.455. The van der Waals surface area contributed by atoms with E-state index in [0.717, 1.165) is 0 Å². The number of carboxylic acid groups (broad SMARTS) is 1. The van der Waals surface area contributed by atoms with Crippen molar-refractivity contribution in [3.8, 4) is 0 Å². The van der Waals surface area contributed by atoms with Gasteiger partial charge >= 0.3 is 12.0 Å². The van der Waals surface area contributed by atoms with Crippen LogP contribution in [-0.4, -0.2) is 52.3 Å². The highest BCUT2D eigenvalue weighted by atomic mass is 16.4. The second kappa shape index (κ2) is 4.75. The van der Waals surface area contributed by atoms with Crippen LogP contribution in [0.1, 0.15) is 12.8 Å². The van der Waals surface area contributed by atoms with Gasteiger partial charge in [-0.15, -0.1) is 0 Å². The van der Waals surface area contributed by atoms with Gasteiger partial charge in [0.2, 0.25) is 0 Å². The number of nitrogens with one attached hydrogen (secondary N) is 1. The summed E-state index contributed by atoms with van der Waals surface area (Å²) in [5.41, 5.74) is 0. The summed E-state index contributed by atoms with van der Waals surface area (Å²) in [5.74, 6) is -1.38. The topological polar surface area (TPSA) is 89.9 Å². The fourth-order valence-corrected chi connectivity index (χ4v) is 2.17. The number of hydrogen-bond acceptors (Lipinski definition) is 3. The maximum atomic E-state index is 11.7. The molecule has 1 fully saturated rings. The Balaban J connectivity index is 1.81. The van der Waals surface area contributed by atoms with E-state index in [1.807, 2.05) is 0 Å². The Labute approximate surface area is 98.9 Å². The van der Waals surface area contributed by atoms with Gasteiger partial charge in [-0.05, 0) is 12.8 Å². The molecule has 0 aromatic rings. The molecule has 94 valence electrons. The minimum atomic E-state index is -0.866. The van der Waals surface area contributed by atoms with Crippen LogP contribution >= 0.6 is 0 Å². The number of hydrogen-bond donors (Lipinski definition) is 3.